The van der Waals surface area contributed by atoms with Crippen LogP contribution in [0.4, 0.5) is 5.69 Å². The molecule has 1 atom stereocenters. The van der Waals surface area contributed by atoms with Crippen LogP contribution in [0, 0.1) is 13.8 Å². The molecule has 0 aliphatic heterocycles. The summed E-state index contributed by atoms with van der Waals surface area (Å²) in [4.78, 5) is 13.0. The molecular formula is C25H28N2O3S. The van der Waals surface area contributed by atoms with E-state index in [-0.39, 0.29) is 16.8 Å². The Morgan fingerprint density at radius 3 is 2.19 bits per heavy atom. The van der Waals surface area contributed by atoms with Gasteiger partial charge in [-0.1, -0.05) is 48.9 Å². The Morgan fingerprint density at radius 1 is 0.968 bits per heavy atom. The lowest BCUT2D eigenvalue weighted by Gasteiger charge is -2.21. The van der Waals surface area contributed by atoms with Gasteiger partial charge in [-0.05, 0) is 67.8 Å². The molecule has 3 aromatic rings. The van der Waals surface area contributed by atoms with E-state index in [0.29, 0.717) is 11.3 Å². The Labute approximate surface area is 184 Å². The molecule has 0 radical (unpaired) electrons. The highest BCUT2D eigenvalue weighted by molar-refractivity contribution is 7.92. The maximum absolute atomic E-state index is 12.8. The van der Waals surface area contributed by atoms with Gasteiger partial charge < -0.3 is 5.32 Å². The van der Waals surface area contributed by atoms with E-state index in [2.05, 4.69) is 30.4 Å². The Kier molecular flexibility index (Phi) is 6.81. The number of hydrogen-bond acceptors (Lipinski definition) is 3. The summed E-state index contributed by atoms with van der Waals surface area (Å²) in [6, 6.07) is 21.0. The van der Waals surface area contributed by atoms with Crippen molar-refractivity contribution in [3.8, 4) is 0 Å². The van der Waals surface area contributed by atoms with E-state index >= 15 is 0 Å². The SMILES string of the molecule is CCC(NC(=O)c1ccc(N(C)S(=O)(=O)c2ccccc2)cc1)c1ccc(C)cc1C. The zero-order valence-corrected chi connectivity index (χ0v) is 19.1. The second-order valence-corrected chi connectivity index (χ2v) is 9.60. The first kappa shape index (κ1) is 22.6. The van der Waals surface area contributed by atoms with Crippen LogP contribution in [0.5, 0.6) is 0 Å². The summed E-state index contributed by atoms with van der Waals surface area (Å²) in [6.07, 6.45) is 0.770. The predicted octanol–water partition coefficient (Wildman–Crippen LogP) is 5.01. The Bertz CT molecular complexity index is 1160. The fourth-order valence-corrected chi connectivity index (χ4v) is 4.79. The predicted molar refractivity (Wildman–Crippen MR) is 125 cm³/mol. The molecule has 0 aliphatic rings. The van der Waals surface area contributed by atoms with Crippen molar-refractivity contribution in [2.75, 3.05) is 11.4 Å². The van der Waals surface area contributed by atoms with Crippen molar-refractivity contribution in [3.63, 3.8) is 0 Å². The fourth-order valence-electron chi connectivity index (χ4n) is 3.57. The van der Waals surface area contributed by atoms with Crippen LogP contribution in [0.15, 0.2) is 77.7 Å². The van der Waals surface area contributed by atoms with Crippen molar-refractivity contribution >= 4 is 21.6 Å². The smallest absolute Gasteiger partial charge is 0.264 e. The van der Waals surface area contributed by atoms with Gasteiger partial charge in [-0.25, -0.2) is 8.42 Å². The number of anilines is 1. The Hall–Kier alpha value is -3.12. The van der Waals surface area contributed by atoms with Gasteiger partial charge in [0.1, 0.15) is 0 Å². The summed E-state index contributed by atoms with van der Waals surface area (Å²) in [5.74, 6) is -0.188. The maximum Gasteiger partial charge on any atom is 0.264 e. The summed E-state index contributed by atoms with van der Waals surface area (Å²) in [7, 11) is -2.16. The molecule has 31 heavy (non-hydrogen) atoms. The third-order valence-corrected chi connectivity index (χ3v) is 7.21. The zero-order valence-electron chi connectivity index (χ0n) is 18.3. The van der Waals surface area contributed by atoms with Gasteiger partial charge in [0.05, 0.1) is 16.6 Å². The number of hydrogen-bond donors (Lipinski definition) is 1. The first-order valence-electron chi connectivity index (χ1n) is 10.3. The lowest BCUT2D eigenvalue weighted by Crippen LogP contribution is -2.29. The number of carbonyl (C=O) groups is 1. The average Bonchev–Trinajstić information content (AvgIpc) is 2.78. The summed E-state index contributed by atoms with van der Waals surface area (Å²) < 4.78 is 26.8. The van der Waals surface area contributed by atoms with Crippen LogP contribution < -0.4 is 9.62 Å². The maximum atomic E-state index is 12.8. The molecule has 0 spiro atoms. The summed E-state index contributed by atoms with van der Waals surface area (Å²) in [6.45, 7) is 6.14. The molecule has 3 aromatic carbocycles. The molecule has 1 unspecified atom stereocenters. The minimum atomic E-state index is -3.66. The number of aryl methyl sites for hydroxylation is 2. The highest BCUT2D eigenvalue weighted by atomic mass is 32.2. The van der Waals surface area contributed by atoms with Crippen LogP contribution >= 0.6 is 0 Å². The number of benzene rings is 3. The topological polar surface area (TPSA) is 66.5 Å². The summed E-state index contributed by atoms with van der Waals surface area (Å²) in [5.41, 5.74) is 4.41. The number of carbonyl (C=O) groups excluding carboxylic acids is 1. The number of nitrogens with zero attached hydrogens (tertiary/aromatic N) is 1. The second-order valence-electron chi connectivity index (χ2n) is 7.63. The number of nitrogens with one attached hydrogen (secondary N) is 1. The van der Waals surface area contributed by atoms with Gasteiger partial charge in [0.2, 0.25) is 0 Å². The molecule has 162 valence electrons. The van der Waals surface area contributed by atoms with Crippen molar-refractivity contribution in [2.45, 2.75) is 38.1 Å². The molecular weight excluding hydrogens is 408 g/mol. The number of amides is 1. The molecule has 0 saturated carbocycles. The third kappa shape index (κ3) is 4.97. The first-order valence-corrected chi connectivity index (χ1v) is 11.7. The fraction of sp³-hybridized carbons (Fsp3) is 0.240. The minimum absolute atomic E-state index is 0.0890. The molecule has 0 bridgehead atoms. The second kappa shape index (κ2) is 9.35. The summed E-state index contributed by atoms with van der Waals surface area (Å²) in [5, 5.41) is 3.09. The van der Waals surface area contributed by atoms with Crippen molar-refractivity contribution in [1.82, 2.24) is 5.32 Å². The van der Waals surface area contributed by atoms with Gasteiger partial charge in [-0.3, -0.25) is 9.10 Å². The zero-order chi connectivity index (χ0) is 22.6. The third-order valence-electron chi connectivity index (χ3n) is 5.41. The molecule has 0 aliphatic carbocycles. The summed E-state index contributed by atoms with van der Waals surface area (Å²) >= 11 is 0. The van der Waals surface area contributed by atoms with E-state index in [4.69, 9.17) is 0 Å². The molecule has 1 N–H and O–H groups in total. The van der Waals surface area contributed by atoms with Gasteiger partial charge in [0.25, 0.3) is 15.9 Å². The standard InChI is InChI=1S/C25H28N2O3S/c1-5-24(23-16-11-18(2)17-19(23)3)26-25(28)20-12-14-21(15-13-20)27(4)31(29,30)22-9-7-6-8-10-22/h6-17,24H,5H2,1-4H3,(H,26,28). The molecule has 0 saturated heterocycles. The first-order chi connectivity index (χ1) is 14.7. The van der Waals surface area contributed by atoms with Crippen LogP contribution in [-0.2, 0) is 10.0 Å². The molecule has 1 amide bonds. The van der Waals surface area contributed by atoms with Crippen molar-refractivity contribution in [3.05, 3.63) is 95.1 Å². The molecule has 5 nitrogen and oxygen atoms in total. The highest BCUT2D eigenvalue weighted by Gasteiger charge is 2.21. The van der Waals surface area contributed by atoms with Gasteiger partial charge in [-0.2, -0.15) is 0 Å². The van der Waals surface area contributed by atoms with E-state index in [0.717, 1.165) is 17.5 Å². The highest BCUT2D eigenvalue weighted by Crippen LogP contribution is 2.24. The monoisotopic (exact) mass is 436 g/mol. The quantitative estimate of drug-likeness (QED) is 0.566. The van der Waals surface area contributed by atoms with E-state index in [9.17, 15) is 13.2 Å². The minimum Gasteiger partial charge on any atom is -0.345 e. The molecule has 0 fully saturated rings. The Morgan fingerprint density at radius 2 is 1.61 bits per heavy atom. The average molecular weight is 437 g/mol. The number of rotatable bonds is 7. The van der Waals surface area contributed by atoms with Gasteiger partial charge in [0, 0.05) is 12.6 Å². The van der Waals surface area contributed by atoms with E-state index in [1.165, 1.54) is 16.9 Å². The number of sulfonamides is 1. The molecule has 3 rings (SSSR count). The normalized spacial score (nSPS) is 12.3. The van der Waals surface area contributed by atoms with Crippen molar-refractivity contribution in [1.29, 1.82) is 0 Å². The lowest BCUT2D eigenvalue weighted by molar-refractivity contribution is 0.0935. The van der Waals surface area contributed by atoms with E-state index in [1.54, 1.807) is 54.6 Å². The molecule has 6 heteroatoms. The largest absolute Gasteiger partial charge is 0.345 e. The Balaban J connectivity index is 1.76. The van der Waals surface area contributed by atoms with Crippen LogP contribution in [0.2, 0.25) is 0 Å². The van der Waals surface area contributed by atoms with Crippen LogP contribution in [-0.4, -0.2) is 21.4 Å². The van der Waals surface area contributed by atoms with Crippen LogP contribution in [0.3, 0.4) is 0 Å². The van der Waals surface area contributed by atoms with E-state index < -0.39 is 10.0 Å². The van der Waals surface area contributed by atoms with Gasteiger partial charge in [-0.15, -0.1) is 0 Å². The van der Waals surface area contributed by atoms with Crippen molar-refractivity contribution < 1.29 is 13.2 Å². The van der Waals surface area contributed by atoms with E-state index in [1.807, 2.05) is 13.8 Å². The van der Waals surface area contributed by atoms with Gasteiger partial charge >= 0.3 is 0 Å². The van der Waals surface area contributed by atoms with Crippen LogP contribution in [0.1, 0.15) is 46.4 Å². The van der Waals surface area contributed by atoms with Crippen LogP contribution in [0.25, 0.3) is 0 Å². The van der Waals surface area contributed by atoms with Crippen molar-refractivity contribution in [2.24, 2.45) is 0 Å². The lowest BCUT2D eigenvalue weighted by atomic mass is 9.97. The molecule has 0 aromatic heterocycles. The van der Waals surface area contributed by atoms with Gasteiger partial charge in [0.15, 0.2) is 0 Å². The molecule has 0 heterocycles.